The van der Waals surface area contributed by atoms with Gasteiger partial charge in [0.2, 0.25) is 5.91 Å². The molecule has 0 spiro atoms. The summed E-state index contributed by atoms with van der Waals surface area (Å²) in [6.45, 7) is 2.06. The van der Waals surface area contributed by atoms with Gasteiger partial charge >= 0.3 is 0 Å². The number of nitriles is 1. The Morgan fingerprint density at radius 1 is 1.53 bits per heavy atom. The molecule has 2 rings (SSSR count). The van der Waals surface area contributed by atoms with E-state index in [2.05, 4.69) is 18.0 Å². The van der Waals surface area contributed by atoms with Crippen LogP contribution in [0.15, 0.2) is 18.2 Å². The molecule has 3 N–H and O–H groups in total. The number of nitrogens with zero attached hydrogens (tertiary/aromatic N) is 1. The number of nitrogens with one attached hydrogen (secondary N) is 1. The topological polar surface area (TPSA) is 82.7 Å². The predicted octanol–water partition coefficient (Wildman–Crippen LogP) is 2.09. The van der Waals surface area contributed by atoms with E-state index in [9.17, 15) is 4.79 Å². The first kappa shape index (κ1) is 11.2. The molecule has 0 saturated heterocycles. The third-order valence-electron chi connectivity index (χ3n) is 2.77. The number of benzene rings is 1. The van der Waals surface area contributed by atoms with E-state index in [0.29, 0.717) is 11.1 Å². The molecule has 0 aliphatic carbocycles. The van der Waals surface area contributed by atoms with Crippen LogP contribution in [0.4, 0.5) is 0 Å². The monoisotopic (exact) mass is 227 g/mol. The molecule has 1 aromatic heterocycles. The van der Waals surface area contributed by atoms with Crippen LogP contribution in [-0.4, -0.2) is 10.9 Å². The predicted molar refractivity (Wildman–Crippen MR) is 65.5 cm³/mol. The number of hydrogen-bond donors (Lipinski definition) is 2. The maximum atomic E-state index is 11.1. The summed E-state index contributed by atoms with van der Waals surface area (Å²) < 4.78 is 0. The third-order valence-corrected chi connectivity index (χ3v) is 2.77. The van der Waals surface area contributed by atoms with Crippen molar-refractivity contribution in [3.8, 4) is 6.07 Å². The Kier molecular flexibility index (Phi) is 2.84. The second kappa shape index (κ2) is 4.30. The molecule has 1 heterocycles. The van der Waals surface area contributed by atoms with Crippen molar-refractivity contribution < 1.29 is 4.79 Å². The highest BCUT2D eigenvalue weighted by Crippen LogP contribution is 2.23. The number of rotatable bonds is 3. The van der Waals surface area contributed by atoms with Gasteiger partial charge < -0.3 is 10.7 Å². The Balaban J connectivity index is 2.65. The van der Waals surface area contributed by atoms with Crippen molar-refractivity contribution in [1.82, 2.24) is 4.98 Å². The molecule has 4 heteroatoms. The Morgan fingerprint density at radius 3 is 2.88 bits per heavy atom. The summed E-state index contributed by atoms with van der Waals surface area (Å²) in [5.41, 5.74) is 8.05. The van der Waals surface area contributed by atoms with E-state index in [1.54, 1.807) is 18.2 Å². The molecule has 86 valence electrons. The Labute approximate surface area is 99.0 Å². The maximum Gasteiger partial charge on any atom is 0.248 e. The number of aromatic amines is 1. The van der Waals surface area contributed by atoms with Crippen LogP contribution in [-0.2, 0) is 6.42 Å². The molecule has 0 radical (unpaired) electrons. The average molecular weight is 227 g/mol. The van der Waals surface area contributed by atoms with Crippen molar-refractivity contribution in [2.24, 2.45) is 5.73 Å². The molecule has 0 atom stereocenters. The van der Waals surface area contributed by atoms with Gasteiger partial charge in [0, 0.05) is 22.2 Å². The molecule has 0 bridgehead atoms. The number of H-pyrrole nitrogens is 1. The van der Waals surface area contributed by atoms with Crippen molar-refractivity contribution in [2.75, 3.05) is 0 Å². The Hall–Kier alpha value is -2.28. The quantitative estimate of drug-likeness (QED) is 0.841. The van der Waals surface area contributed by atoms with Gasteiger partial charge in [-0.15, -0.1) is 0 Å². The van der Waals surface area contributed by atoms with Crippen LogP contribution in [0, 0.1) is 11.3 Å². The Morgan fingerprint density at radius 2 is 2.29 bits per heavy atom. The van der Waals surface area contributed by atoms with Gasteiger partial charge in [0.25, 0.3) is 0 Å². The van der Waals surface area contributed by atoms with Gasteiger partial charge in [0.05, 0.1) is 5.56 Å². The lowest BCUT2D eigenvalue weighted by molar-refractivity contribution is 0.100. The Bertz CT molecular complexity index is 619. The first-order valence-electron chi connectivity index (χ1n) is 5.52. The minimum absolute atomic E-state index is 0.450. The first-order chi connectivity index (χ1) is 8.17. The number of aromatic nitrogens is 1. The highest BCUT2D eigenvalue weighted by Gasteiger charge is 2.11. The van der Waals surface area contributed by atoms with Gasteiger partial charge in [-0.2, -0.15) is 5.26 Å². The van der Waals surface area contributed by atoms with Gasteiger partial charge in [-0.05, 0) is 18.6 Å². The molecule has 0 fully saturated rings. The zero-order valence-corrected chi connectivity index (χ0v) is 9.58. The van der Waals surface area contributed by atoms with Crippen molar-refractivity contribution in [3.63, 3.8) is 0 Å². The number of amides is 1. The minimum atomic E-state index is -0.461. The first-order valence-corrected chi connectivity index (χ1v) is 5.52. The van der Waals surface area contributed by atoms with E-state index in [-0.39, 0.29) is 0 Å². The number of fused-ring (bicyclic) bond motifs is 1. The van der Waals surface area contributed by atoms with Crippen molar-refractivity contribution in [2.45, 2.75) is 19.8 Å². The molecule has 0 unspecified atom stereocenters. The molecule has 4 nitrogen and oxygen atoms in total. The molecular weight excluding hydrogens is 214 g/mol. The third kappa shape index (κ3) is 1.87. The fourth-order valence-electron chi connectivity index (χ4n) is 1.97. The summed E-state index contributed by atoms with van der Waals surface area (Å²) >= 11 is 0. The molecule has 0 aliphatic heterocycles. The van der Waals surface area contributed by atoms with E-state index < -0.39 is 5.91 Å². The fraction of sp³-hybridized carbons (Fsp3) is 0.231. The summed E-state index contributed by atoms with van der Waals surface area (Å²) in [4.78, 5) is 14.3. The lowest BCUT2D eigenvalue weighted by Gasteiger charge is -1.95. The van der Waals surface area contributed by atoms with Crippen LogP contribution in [0.5, 0.6) is 0 Å². The van der Waals surface area contributed by atoms with Crippen molar-refractivity contribution in [3.05, 3.63) is 35.0 Å². The van der Waals surface area contributed by atoms with Crippen LogP contribution < -0.4 is 5.73 Å². The molecular formula is C13H13N3O. The molecule has 2 aromatic rings. The van der Waals surface area contributed by atoms with Crippen LogP contribution in [0.1, 0.15) is 35.0 Å². The summed E-state index contributed by atoms with van der Waals surface area (Å²) in [6, 6.07) is 7.31. The number of hydrogen-bond acceptors (Lipinski definition) is 2. The number of aryl methyl sites for hydroxylation is 1. The molecule has 0 aliphatic rings. The minimum Gasteiger partial charge on any atom is -0.366 e. The van der Waals surface area contributed by atoms with Crippen molar-refractivity contribution in [1.29, 1.82) is 5.26 Å². The fourth-order valence-corrected chi connectivity index (χ4v) is 1.97. The largest absolute Gasteiger partial charge is 0.366 e. The van der Waals surface area contributed by atoms with Gasteiger partial charge in [-0.25, -0.2) is 0 Å². The van der Waals surface area contributed by atoms with E-state index >= 15 is 0 Å². The summed E-state index contributed by atoms with van der Waals surface area (Å²) in [5.74, 6) is -0.461. The number of carbonyl (C=O) groups excluding carboxylic acids is 1. The molecule has 1 amide bonds. The zero-order chi connectivity index (χ0) is 12.4. The lowest BCUT2D eigenvalue weighted by atomic mass is 10.1. The van der Waals surface area contributed by atoms with Crippen LogP contribution >= 0.6 is 0 Å². The van der Waals surface area contributed by atoms with Gasteiger partial charge in [0.1, 0.15) is 6.07 Å². The normalized spacial score (nSPS) is 10.4. The van der Waals surface area contributed by atoms with E-state index in [1.165, 1.54) is 0 Å². The summed E-state index contributed by atoms with van der Waals surface area (Å²) in [6.07, 6.45) is 1.79. The standard InChI is InChI=1S/C13H13N3O/c1-2-3-11-10(7-14)9-5-4-8(13(15)17)6-12(9)16-11/h4-6,16H,2-3H2,1H3,(H2,15,17). The molecule has 17 heavy (non-hydrogen) atoms. The van der Waals surface area contributed by atoms with Crippen molar-refractivity contribution >= 4 is 16.8 Å². The zero-order valence-electron chi connectivity index (χ0n) is 9.58. The molecule has 1 aromatic carbocycles. The highest BCUT2D eigenvalue weighted by atomic mass is 16.1. The van der Waals surface area contributed by atoms with E-state index in [1.807, 2.05) is 0 Å². The van der Waals surface area contributed by atoms with Gasteiger partial charge in [-0.1, -0.05) is 19.4 Å². The van der Waals surface area contributed by atoms with Crippen LogP contribution in [0.2, 0.25) is 0 Å². The van der Waals surface area contributed by atoms with E-state index in [0.717, 1.165) is 29.4 Å². The second-order valence-electron chi connectivity index (χ2n) is 3.96. The summed E-state index contributed by atoms with van der Waals surface area (Å²) in [7, 11) is 0. The number of nitrogens with two attached hydrogens (primary N) is 1. The SMILES string of the molecule is CCCc1[nH]c2cc(C(N)=O)ccc2c1C#N. The molecule has 0 saturated carbocycles. The number of primary amides is 1. The van der Waals surface area contributed by atoms with Crippen LogP contribution in [0.25, 0.3) is 10.9 Å². The maximum absolute atomic E-state index is 11.1. The second-order valence-corrected chi connectivity index (χ2v) is 3.96. The van der Waals surface area contributed by atoms with E-state index in [4.69, 9.17) is 11.0 Å². The summed E-state index contributed by atoms with van der Waals surface area (Å²) in [5, 5.41) is 10.00. The lowest BCUT2D eigenvalue weighted by Crippen LogP contribution is -2.10. The number of carbonyl (C=O) groups is 1. The average Bonchev–Trinajstić information content (AvgIpc) is 2.65. The smallest absolute Gasteiger partial charge is 0.248 e. The van der Waals surface area contributed by atoms with Gasteiger partial charge in [0.15, 0.2) is 0 Å². The highest BCUT2D eigenvalue weighted by molar-refractivity contribution is 5.98. The van der Waals surface area contributed by atoms with Gasteiger partial charge in [-0.3, -0.25) is 4.79 Å². The van der Waals surface area contributed by atoms with Crippen LogP contribution in [0.3, 0.4) is 0 Å².